The highest BCUT2D eigenvalue weighted by atomic mass is 15.0. The third-order valence-electron chi connectivity index (χ3n) is 3.89. The molecule has 0 saturated carbocycles. The average Bonchev–Trinajstić information content (AvgIpc) is 2.48. The molecule has 0 aromatic carbocycles. The first-order chi connectivity index (χ1) is 7.72. The smallest absolute Gasteiger partial charge is 0.0376 e. The molecule has 1 aliphatic carbocycles. The van der Waals surface area contributed by atoms with Crippen LogP contribution in [0.1, 0.15) is 29.5 Å². The zero-order chi connectivity index (χ0) is 11.6. The first kappa shape index (κ1) is 11.5. The number of rotatable bonds is 3. The van der Waals surface area contributed by atoms with E-state index in [-0.39, 0.29) is 8.27 Å². The zero-order valence-electron chi connectivity index (χ0n) is 10.3. The van der Waals surface area contributed by atoms with Gasteiger partial charge in [-0.2, -0.15) is 0 Å². The van der Waals surface area contributed by atoms with Gasteiger partial charge in [-0.25, -0.2) is 0 Å². The van der Waals surface area contributed by atoms with Crippen molar-refractivity contribution in [2.24, 2.45) is 17.1 Å². The first-order valence-corrected chi connectivity index (χ1v) is 6.27. The Labute approximate surface area is 101 Å². The predicted octanol–water partition coefficient (Wildman–Crippen LogP) is 2.84. The summed E-state index contributed by atoms with van der Waals surface area (Å²) < 4.78 is 0. The van der Waals surface area contributed by atoms with E-state index in [1.165, 1.54) is 11.3 Å². The lowest BCUT2D eigenvalue weighted by molar-refractivity contribution is 0.349. The van der Waals surface area contributed by atoms with Gasteiger partial charge in [0.05, 0.1) is 0 Å². The molecular formula is C14H26N2. The maximum Gasteiger partial charge on any atom is 0.0376 e. The minimum absolute atomic E-state index is 0. The average molecular weight is 222 g/mol. The Morgan fingerprint density at radius 1 is 1.62 bits per heavy atom. The number of allylic oxidation sites excluding steroid dienone is 5. The van der Waals surface area contributed by atoms with Gasteiger partial charge in [0.15, 0.2) is 0 Å². The van der Waals surface area contributed by atoms with Crippen LogP contribution in [0.25, 0.3) is 0 Å². The zero-order valence-corrected chi connectivity index (χ0v) is 10.3. The van der Waals surface area contributed by atoms with Gasteiger partial charge >= 0.3 is 0 Å². The van der Waals surface area contributed by atoms with Gasteiger partial charge in [0.1, 0.15) is 0 Å². The van der Waals surface area contributed by atoms with E-state index in [0.29, 0.717) is 5.92 Å². The Kier molecular flexibility index (Phi) is 3.20. The lowest BCUT2D eigenvalue weighted by Crippen LogP contribution is -2.27. The molecule has 2 rings (SSSR count). The van der Waals surface area contributed by atoms with Crippen molar-refractivity contribution >= 4 is 0 Å². The fourth-order valence-electron chi connectivity index (χ4n) is 2.79. The summed E-state index contributed by atoms with van der Waals surface area (Å²) in [5.41, 5.74) is 8.83. The SMILES string of the molecule is CCC1(CCN)CNC2=CC=CC(C)C=C21.[HH].[HH]. The largest absolute Gasteiger partial charge is 0.384 e. The summed E-state index contributed by atoms with van der Waals surface area (Å²) in [6, 6.07) is 0. The normalized spacial score (nSPS) is 32.6. The van der Waals surface area contributed by atoms with Crippen molar-refractivity contribution in [3.05, 3.63) is 35.6 Å². The Morgan fingerprint density at radius 2 is 2.44 bits per heavy atom. The van der Waals surface area contributed by atoms with Crippen LogP contribution < -0.4 is 11.1 Å². The Hall–Kier alpha value is -1.02. The summed E-state index contributed by atoms with van der Waals surface area (Å²) in [4.78, 5) is 0. The second-order valence-corrected chi connectivity index (χ2v) is 4.93. The van der Waals surface area contributed by atoms with Crippen molar-refractivity contribution in [1.29, 1.82) is 0 Å². The minimum Gasteiger partial charge on any atom is -0.384 e. The van der Waals surface area contributed by atoms with Crippen LogP contribution in [0.5, 0.6) is 0 Å². The molecule has 2 atom stereocenters. The number of nitrogens with two attached hydrogens (primary N) is 1. The van der Waals surface area contributed by atoms with Gasteiger partial charge in [-0.15, -0.1) is 0 Å². The van der Waals surface area contributed by atoms with E-state index >= 15 is 0 Å². The maximum atomic E-state index is 5.77. The molecule has 1 aliphatic heterocycles. The maximum absolute atomic E-state index is 5.77. The van der Waals surface area contributed by atoms with Crippen molar-refractivity contribution in [3.63, 3.8) is 0 Å². The van der Waals surface area contributed by atoms with Gasteiger partial charge in [0.25, 0.3) is 0 Å². The van der Waals surface area contributed by atoms with Crippen LogP contribution in [0.15, 0.2) is 35.6 Å². The molecule has 2 aliphatic rings. The van der Waals surface area contributed by atoms with Crippen LogP contribution in [-0.4, -0.2) is 13.1 Å². The van der Waals surface area contributed by atoms with Gasteiger partial charge in [-0.3, -0.25) is 0 Å². The standard InChI is InChI=1S/C14H22N2.2H2/c1-3-14(7-8-15)10-16-13-6-4-5-11(2)9-12(13)14;;/h4-6,9,11,16H,3,7-8,10,15H2,1-2H3;2*1H. The molecule has 0 radical (unpaired) electrons. The number of hydrogen-bond acceptors (Lipinski definition) is 2. The lowest BCUT2D eigenvalue weighted by atomic mass is 9.75. The Bertz CT molecular complexity index is 361. The predicted molar refractivity (Wildman–Crippen MR) is 73.1 cm³/mol. The van der Waals surface area contributed by atoms with Crippen LogP contribution in [0.3, 0.4) is 0 Å². The Balaban J connectivity index is 0.00000144. The van der Waals surface area contributed by atoms with Gasteiger partial charge in [-0.1, -0.05) is 32.1 Å². The summed E-state index contributed by atoms with van der Waals surface area (Å²) >= 11 is 0. The van der Waals surface area contributed by atoms with Crippen molar-refractivity contribution in [1.82, 2.24) is 5.32 Å². The highest BCUT2D eigenvalue weighted by Crippen LogP contribution is 2.43. The number of nitrogens with one attached hydrogen (secondary N) is 1. The number of hydrogen-bond donors (Lipinski definition) is 2. The quantitative estimate of drug-likeness (QED) is 0.770. The molecule has 2 nitrogen and oxygen atoms in total. The highest BCUT2D eigenvalue weighted by molar-refractivity contribution is 5.45. The molecule has 0 amide bonds. The molecule has 1 heterocycles. The topological polar surface area (TPSA) is 38.0 Å². The third kappa shape index (κ3) is 1.82. The molecule has 3 N–H and O–H groups in total. The molecule has 2 heteroatoms. The van der Waals surface area contributed by atoms with E-state index in [4.69, 9.17) is 5.73 Å². The van der Waals surface area contributed by atoms with Crippen LogP contribution in [0, 0.1) is 11.3 Å². The minimum atomic E-state index is 0. The van der Waals surface area contributed by atoms with Gasteiger partial charge in [-0.05, 0) is 37.0 Å². The van der Waals surface area contributed by atoms with Crippen LogP contribution in [-0.2, 0) is 0 Å². The molecule has 2 unspecified atom stereocenters. The molecule has 0 bridgehead atoms. The highest BCUT2D eigenvalue weighted by Gasteiger charge is 2.39. The lowest BCUT2D eigenvalue weighted by Gasteiger charge is -2.28. The molecule has 0 aromatic heterocycles. The van der Waals surface area contributed by atoms with E-state index < -0.39 is 0 Å². The molecule has 92 valence electrons. The van der Waals surface area contributed by atoms with Crippen LogP contribution in [0.2, 0.25) is 0 Å². The molecule has 1 fully saturated rings. The summed E-state index contributed by atoms with van der Waals surface area (Å²) in [7, 11) is 0. The monoisotopic (exact) mass is 222 g/mol. The molecular weight excluding hydrogens is 196 g/mol. The second-order valence-electron chi connectivity index (χ2n) is 4.93. The van der Waals surface area contributed by atoms with Crippen molar-refractivity contribution in [2.75, 3.05) is 13.1 Å². The van der Waals surface area contributed by atoms with Gasteiger partial charge < -0.3 is 11.1 Å². The van der Waals surface area contributed by atoms with E-state index in [1.807, 2.05) is 0 Å². The van der Waals surface area contributed by atoms with Crippen molar-refractivity contribution in [2.45, 2.75) is 26.7 Å². The van der Waals surface area contributed by atoms with Crippen molar-refractivity contribution < 1.29 is 2.85 Å². The molecule has 0 spiro atoms. The van der Waals surface area contributed by atoms with Crippen LogP contribution >= 0.6 is 0 Å². The third-order valence-corrected chi connectivity index (χ3v) is 3.89. The summed E-state index contributed by atoms with van der Waals surface area (Å²) in [5.74, 6) is 0.521. The van der Waals surface area contributed by atoms with Gasteiger partial charge in [0, 0.05) is 20.5 Å². The van der Waals surface area contributed by atoms with Crippen LogP contribution in [0.4, 0.5) is 0 Å². The Morgan fingerprint density at radius 3 is 3.12 bits per heavy atom. The fraction of sp³-hybridized carbons (Fsp3) is 0.571. The van der Waals surface area contributed by atoms with E-state index in [2.05, 4.69) is 43.5 Å². The van der Waals surface area contributed by atoms with E-state index in [0.717, 1.165) is 25.9 Å². The summed E-state index contributed by atoms with van der Waals surface area (Å²) in [6.45, 7) is 6.31. The summed E-state index contributed by atoms with van der Waals surface area (Å²) in [5, 5.41) is 3.53. The summed E-state index contributed by atoms with van der Waals surface area (Å²) in [6.07, 6.45) is 11.2. The van der Waals surface area contributed by atoms with E-state index in [9.17, 15) is 0 Å². The fourth-order valence-corrected chi connectivity index (χ4v) is 2.79. The second kappa shape index (κ2) is 4.46. The first-order valence-electron chi connectivity index (χ1n) is 6.27. The van der Waals surface area contributed by atoms with Crippen molar-refractivity contribution in [3.8, 4) is 0 Å². The van der Waals surface area contributed by atoms with Gasteiger partial charge in [0.2, 0.25) is 0 Å². The molecule has 0 aromatic rings. The number of fused-ring (bicyclic) bond motifs is 1. The molecule has 1 saturated heterocycles. The molecule has 16 heavy (non-hydrogen) atoms. The van der Waals surface area contributed by atoms with E-state index in [1.54, 1.807) is 0 Å².